The van der Waals surface area contributed by atoms with Crippen molar-refractivity contribution < 1.29 is 9.53 Å². The van der Waals surface area contributed by atoms with Gasteiger partial charge >= 0.3 is 0 Å². The molecule has 1 saturated heterocycles. The van der Waals surface area contributed by atoms with Crippen molar-refractivity contribution >= 4 is 29.1 Å². The van der Waals surface area contributed by atoms with Crippen LogP contribution < -0.4 is 4.74 Å². The molecular weight excluding hydrogens is 435 g/mol. The molecule has 3 aromatic rings. The number of piperazine rings is 1. The minimum atomic E-state index is -0.0648. The predicted octanol–water partition coefficient (Wildman–Crippen LogP) is 4.49. The molecule has 0 unspecified atom stereocenters. The molecule has 6 nitrogen and oxygen atoms in total. The summed E-state index contributed by atoms with van der Waals surface area (Å²) in [6.07, 6.45) is 1.77. The molecule has 162 valence electrons. The maximum absolute atomic E-state index is 12.9. The molecule has 2 aromatic carbocycles. The van der Waals surface area contributed by atoms with Gasteiger partial charge in [-0.1, -0.05) is 47.5 Å². The van der Waals surface area contributed by atoms with E-state index >= 15 is 0 Å². The van der Waals surface area contributed by atoms with Crippen LogP contribution in [0.2, 0.25) is 10.0 Å². The van der Waals surface area contributed by atoms with Crippen molar-refractivity contribution in [3.8, 4) is 5.75 Å². The SMILES string of the molecule is Cc1ccccc1OCn1ccc(C(=O)N2CCN(Cc3c(Cl)cccc3Cl)CC2)n1. The number of aromatic nitrogens is 2. The highest BCUT2D eigenvalue weighted by atomic mass is 35.5. The van der Waals surface area contributed by atoms with E-state index in [4.69, 9.17) is 27.9 Å². The molecule has 0 aliphatic carbocycles. The quantitative estimate of drug-likeness (QED) is 0.545. The van der Waals surface area contributed by atoms with Gasteiger partial charge in [-0.05, 0) is 36.8 Å². The Hall–Kier alpha value is -2.54. The molecule has 0 saturated carbocycles. The van der Waals surface area contributed by atoms with Crippen LogP contribution in [0.5, 0.6) is 5.75 Å². The molecular formula is C23H24Cl2N4O2. The van der Waals surface area contributed by atoms with E-state index in [0.29, 0.717) is 35.4 Å². The van der Waals surface area contributed by atoms with E-state index < -0.39 is 0 Å². The third-order valence-corrected chi connectivity index (χ3v) is 6.12. The number of hydrogen-bond donors (Lipinski definition) is 0. The predicted molar refractivity (Wildman–Crippen MR) is 122 cm³/mol. The van der Waals surface area contributed by atoms with Crippen molar-refractivity contribution in [1.29, 1.82) is 0 Å². The summed E-state index contributed by atoms with van der Waals surface area (Å²) in [5.74, 6) is 0.741. The number of para-hydroxylation sites is 1. The first-order valence-corrected chi connectivity index (χ1v) is 10.9. The number of hydrogen-bond acceptors (Lipinski definition) is 4. The lowest BCUT2D eigenvalue weighted by molar-refractivity contribution is 0.0621. The van der Waals surface area contributed by atoms with Crippen LogP contribution in [0.1, 0.15) is 21.6 Å². The van der Waals surface area contributed by atoms with Gasteiger partial charge in [0.25, 0.3) is 5.91 Å². The Kier molecular flexibility index (Phi) is 6.80. The lowest BCUT2D eigenvalue weighted by Crippen LogP contribution is -2.48. The van der Waals surface area contributed by atoms with Crippen LogP contribution in [0.15, 0.2) is 54.7 Å². The van der Waals surface area contributed by atoms with Crippen LogP contribution in [0.3, 0.4) is 0 Å². The molecule has 2 heterocycles. The topological polar surface area (TPSA) is 50.6 Å². The van der Waals surface area contributed by atoms with Gasteiger partial charge in [0.05, 0.1) is 0 Å². The number of halogens is 2. The zero-order valence-electron chi connectivity index (χ0n) is 17.3. The average molecular weight is 459 g/mol. The number of ether oxygens (including phenoxy) is 1. The number of rotatable bonds is 6. The van der Waals surface area contributed by atoms with Crippen LogP contribution in [-0.2, 0) is 13.3 Å². The summed E-state index contributed by atoms with van der Waals surface area (Å²) in [6.45, 7) is 5.69. The van der Waals surface area contributed by atoms with E-state index in [0.717, 1.165) is 30.0 Å². The fraction of sp³-hybridized carbons (Fsp3) is 0.304. The number of benzene rings is 2. The van der Waals surface area contributed by atoms with Gasteiger partial charge in [-0.25, -0.2) is 4.68 Å². The second kappa shape index (κ2) is 9.73. The molecule has 0 bridgehead atoms. The molecule has 1 aliphatic heterocycles. The molecule has 0 spiro atoms. The normalized spacial score (nSPS) is 14.6. The van der Waals surface area contributed by atoms with Crippen molar-refractivity contribution in [2.75, 3.05) is 26.2 Å². The number of aryl methyl sites for hydroxylation is 1. The van der Waals surface area contributed by atoms with Gasteiger partial charge in [0, 0.05) is 54.5 Å². The average Bonchev–Trinajstić information content (AvgIpc) is 3.25. The zero-order valence-corrected chi connectivity index (χ0v) is 18.8. The fourth-order valence-electron chi connectivity index (χ4n) is 3.58. The maximum Gasteiger partial charge on any atom is 0.274 e. The summed E-state index contributed by atoms with van der Waals surface area (Å²) in [4.78, 5) is 17.0. The second-order valence-corrected chi connectivity index (χ2v) is 8.36. The third-order valence-electron chi connectivity index (χ3n) is 5.41. The highest BCUT2D eigenvalue weighted by molar-refractivity contribution is 6.35. The van der Waals surface area contributed by atoms with Gasteiger partial charge < -0.3 is 9.64 Å². The van der Waals surface area contributed by atoms with Crippen LogP contribution in [-0.4, -0.2) is 51.7 Å². The number of amides is 1. The van der Waals surface area contributed by atoms with E-state index in [9.17, 15) is 4.79 Å². The highest BCUT2D eigenvalue weighted by Gasteiger charge is 2.24. The van der Waals surface area contributed by atoms with Crippen molar-refractivity contribution in [2.24, 2.45) is 0 Å². The molecule has 0 radical (unpaired) electrons. The summed E-state index contributed by atoms with van der Waals surface area (Å²) in [6, 6.07) is 15.1. The lowest BCUT2D eigenvalue weighted by atomic mass is 10.2. The maximum atomic E-state index is 12.9. The van der Waals surface area contributed by atoms with Crippen molar-refractivity contribution in [3.63, 3.8) is 0 Å². The minimum absolute atomic E-state index is 0.0648. The van der Waals surface area contributed by atoms with Gasteiger partial charge in [-0.2, -0.15) is 5.10 Å². The van der Waals surface area contributed by atoms with Crippen molar-refractivity contribution in [2.45, 2.75) is 20.2 Å². The molecule has 8 heteroatoms. The second-order valence-electron chi connectivity index (χ2n) is 7.55. The Labute approximate surface area is 191 Å². The molecule has 1 amide bonds. The first-order chi connectivity index (χ1) is 15.0. The Balaban J connectivity index is 1.30. The Morgan fingerprint density at radius 3 is 2.42 bits per heavy atom. The molecule has 0 N–H and O–H groups in total. The molecule has 1 aliphatic rings. The number of nitrogens with zero attached hydrogens (tertiary/aromatic N) is 4. The molecule has 4 rings (SSSR count). The van der Waals surface area contributed by atoms with Crippen molar-refractivity contribution in [1.82, 2.24) is 19.6 Å². The van der Waals surface area contributed by atoms with E-state index in [-0.39, 0.29) is 12.6 Å². The zero-order chi connectivity index (χ0) is 21.8. The lowest BCUT2D eigenvalue weighted by Gasteiger charge is -2.34. The largest absolute Gasteiger partial charge is 0.471 e. The summed E-state index contributed by atoms with van der Waals surface area (Å²) in [5.41, 5.74) is 2.41. The standard InChI is InChI=1S/C23H24Cl2N4O2/c1-17-5-2-3-8-22(17)31-16-29-10-9-21(26-29)23(30)28-13-11-27(12-14-28)15-18-19(24)6-4-7-20(18)25/h2-10H,11-16H2,1H3. The van der Waals surface area contributed by atoms with Gasteiger partial charge in [-0.3, -0.25) is 9.69 Å². The summed E-state index contributed by atoms with van der Waals surface area (Å²) < 4.78 is 7.43. The van der Waals surface area contributed by atoms with Crippen LogP contribution in [0, 0.1) is 6.92 Å². The fourth-order valence-corrected chi connectivity index (χ4v) is 4.10. The van der Waals surface area contributed by atoms with Crippen LogP contribution in [0.25, 0.3) is 0 Å². The van der Waals surface area contributed by atoms with Crippen LogP contribution >= 0.6 is 23.2 Å². The molecule has 0 atom stereocenters. The Morgan fingerprint density at radius 2 is 1.71 bits per heavy atom. The smallest absolute Gasteiger partial charge is 0.274 e. The van der Waals surface area contributed by atoms with Gasteiger partial charge in [0.15, 0.2) is 12.4 Å². The summed E-state index contributed by atoms with van der Waals surface area (Å²) in [7, 11) is 0. The van der Waals surface area contributed by atoms with Gasteiger partial charge in [0.1, 0.15) is 5.75 Å². The summed E-state index contributed by atoms with van der Waals surface area (Å²) in [5, 5.41) is 5.73. The molecule has 31 heavy (non-hydrogen) atoms. The first-order valence-electron chi connectivity index (χ1n) is 10.2. The monoisotopic (exact) mass is 458 g/mol. The molecule has 1 fully saturated rings. The van der Waals surface area contributed by atoms with E-state index in [1.165, 1.54) is 0 Å². The van der Waals surface area contributed by atoms with E-state index in [2.05, 4.69) is 10.00 Å². The van der Waals surface area contributed by atoms with Crippen molar-refractivity contribution in [3.05, 3.63) is 81.6 Å². The van der Waals surface area contributed by atoms with E-state index in [1.807, 2.05) is 54.3 Å². The van der Waals surface area contributed by atoms with E-state index in [1.54, 1.807) is 16.9 Å². The van der Waals surface area contributed by atoms with Crippen LogP contribution in [0.4, 0.5) is 0 Å². The summed E-state index contributed by atoms with van der Waals surface area (Å²) >= 11 is 12.6. The number of carbonyl (C=O) groups is 1. The number of carbonyl (C=O) groups excluding carboxylic acids is 1. The highest BCUT2D eigenvalue weighted by Crippen LogP contribution is 2.26. The minimum Gasteiger partial charge on any atom is -0.471 e. The van der Waals surface area contributed by atoms with Gasteiger partial charge in [0.2, 0.25) is 0 Å². The molecule has 1 aromatic heterocycles. The third kappa shape index (κ3) is 5.21. The first kappa shape index (κ1) is 21.7. The van der Waals surface area contributed by atoms with Gasteiger partial charge in [-0.15, -0.1) is 0 Å². The Bertz CT molecular complexity index is 1040. The Morgan fingerprint density at radius 1 is 1.00 bits per heavy atom.